The number of hydrogen-bond acceptors (Lipinski definition) is 2. The van der Waals surface area contributed by atoms with E-state index >= 15 is 0 Å². The first-order valence-electron chi connectivity index (χ1n) is 11.9. The normalized spacial score (nSPS) is 14.6. The van der Waals surface area contributed by atoms with E-state index in [2.05, 4.69) is 9.88 Å². The molecule has 3 heterocycles. The fourth-order valence-electron chi connectivity index (χ4n) is 4.89. The van der Waals surface area contributed by atoms with Crippen molar-refractivity contribution in [2.45, 2.75) is 19.5 Å². The van der Waals surface area contributed by atoms with Gasteiger partial charge in [-0.2, -0.15) is 5.10 Å². The number of urea groups is 1. The smallest absolute Gasteiger partial charge is 0.307 e. The minimum absolute atomic E-state index is 0.286. The van der Waals surface area contributed by atoms with Crippen LogP contribution in [0.15, 0.2) is 97.2 Å². The Morgan fingerprint density at radius 1 is 0.973 bits per heavy atom. The molecule has 3 aromatic carbocycles. The van der Waals surface area contributed by atoms with Crippen molar-refractivity contribution < 1.29 is 9.18 Å². The van der Waals surface area contributed by atoms with Crippen molar-refractivity contribution >= 4 is 23.3 Å². The fourth-order valence-corrected chi connectivity index (χ4v) is 5.08. The van der Waals surface area contributed by atoms with Gasteiger partial charge in [0.05, 0.1) is 40.4 Å². The second-order valence-electron chi connectivity index (χ2n) is 8.93. The monoisotopic (exact) mass is 511 g/mol. The summed E-state index contributed by atoms with van der Waals surface area (Å²) in [5.41, 5.74) is 4.81. The van der Waals surface area contributed by atoms with Crippen molar-refractivity contribution in [3.8, 4) is 11.5 Å². The van der Waals surface area contributed by atoms with Gasteiger partial charge in [-0.15, -0.1) is 0 Å². The first-order chi connectivity index (χ1) is 18.0. The summed E-state index contributed by atoms with van der Waals surface area (Å²) in [5, 5.41) is 8.27. The number of aryl methyl sites for hydroxylation is 1. The first-order valence-corrected chi connectivity index (χ1v) is 12.3. The van der Waals surface area contributed by atoms with Gasteiger partial charge in [0.25, 0.3) is 0 Å². The molecule has 5 aromatic rings. The number of nitrogens with one attached hydrogen (secondary N) is 1. The maximum absolute atomic E-state index is 13.9. The number of nitrogens with zero attached hydrogens (tertiary/aromatic N) is 4. The molecule has 2 aromatic heterocycles. The van der Waals surface area contributed by atoms with E-state index in [0.717, 1.165) is 34.0 Å². The van der Waals surface area contributed by atoms with E-state index in [1.54, 1.807) is 29.2 Å². The summed E-state index contributed by atoms with van der Waals surface area (Å²) >= 11 is 6.36. The van der Waals surface area contributed by atoms with Crippen LogP contribution >= 0.6 is 11.6 Å². The number of carbonyl (C=O) groups is 1. The van der Waals surface area contributed by atoms with Crippen molar-refractivity contribution in [1.82, 2.24) is 19.2 Å². The zero-order chi connectivity index (χ0) is 25.5. The molecule has 0 saturated heterocycles. The summed E-state index contributed by atoms with van der Waals surface area (Å²) in [6.45, 7) is 2.23. The molecule has 0 bridgehead atoms. The largest absolute Gasteiger partial charge is 0.323 e. The van der Waals surface area contributed by atoms with Gasteiger partial charge in [-0.3, -0.25) is 0 Å². The number of halogens is 2. The standard InChI is InChI=1S/C29H23ClFN5O/c1-19-23-18-35(29(37)32-25-11-6-5-10-24(25)30)27(20-13-15-21(31)16-14-20)26-12-7-17-34(26)28(23)36(33-19)22-8-3-2-4-9-22/h2-17,27H,18H2,1H3,(H,32,37)/t27-/m0/s1. The SMILES string of the molecule is Cc1nn(-c2ccccc2)c2c1CN(C(=O)Nc1ccccc1Cl)[C@@H](c1ccc(F)cc1)c1cccn1-2. The number of rotatable bonds is 3. The molecule has 0 unspecified atom stereocenters. The molecule has 0 aliphatic carbocycles. The highest BCUT2D eigenvalue weighted by Crippen LogP contribution is 2.39. The van der Waals surface area contributed by atoms with Crippen molar-refractivity contribution in [3.63, 3.8) is 0 Å². The third kappa shape index (κ3) is 4.07. The number of hydrogen-bond donors (Lipinski definition) is 1. The van der Waals surface area contributed by atoms with Gasteiger partial charge in [-0.25, -0.2) is 13.9 Å². The molecule has 0 saturated carbocycles. The highest BCUT2D eigenvalue weighted by Gasteiger charge is 2.36. The summed E-state index contributed by atoms with van der Waals surface area (Å²) in [6.07, 6.45) is 1.97. The van der Waals surface area contributed by atoms with E-state index in [1.165, 1.54) is 12.1 Å². The number of aromatic nitrogens is 3. The second-order valence-corrected chi connectivity index (χ2v) is 9.34. The van der Waals surface area contributed by atoms with Crippen molar-refractivity contribution in [1.29, 1.82) is 0 Å². The third-order valence-electron chi connectivity index (χ3n) is 6.65. The lowest BCUT2D eigenvalue weighted by Gasteiger charge is -2.31. The highest BCUT2D eigenvalue weighted by atomic mass is 35.5. The van der Waals surface area contributed by atoms with Gasteiger partial charge in [0.2, 0.25) is 0 Å². The number of benzene rings is 3. The van der Waals surface area contributed by atoms with Crippen LogP contribution in [-0.4, -0.2) is 25.3 Å². The molecule has 6 rings (SSSR count). The Labute approximate surface area is 218 Å². The van der Waals surface area contributed by atoms with Crippen LogP contribution in [0, 0.1) is 12.7 Å². The van der Waals surface area contributed by atoms with E-state index in [0.29, 0.717) is 10.7 Å². The molecule has 8 heteroatoms. The number of carbonyl (C=O) groups excluding carboxylic acids is 1. The molecule has 2 amide bonds. The Morgan fingerprint density at radius 2 is 1.70 bits per heavy atom. The highest BCUT2D eigenvalue weighted by molar-refractivity contribution is 6.33. The van der Waals surface area contributed by atoms with Crippen molar-refractivity contribution in [3.05, 3.63) is 131 Å². The molecule has 6 nitrogen and oxygen atoms in total. The minimum atomic E-state index is -0.492. The average Bonchev–Trinajstić information content (AvgIpc) is 3.47. The van der Waals surface area contributed by atoms with Crippen LogP contribution in [0.2, 0.25) is 5.02 Å². The minimum Gasteiger partial charge on any atom is -0.307 e. The van der Waals surface area contributed by atoms with E-state index in [9.17, 15) is 9.18 Å². The topological polar surface area (TPSA) is 55.1 Å². The molecule has 0 radical (unpaired) electrons. The molecule has 184 valence electrons. The van der Waals surface area contributed by atoms with Crippen LogP contribution in [0.1, 0.15) is 28.6 Å². The van der Waals surface area contributed by atoms with Crippen molar-refractivity contribution in [2.24, 2.45) is 0 Å². The molecule has 0 spiro atoms. The number of fused-ring (bicyclic) bond motifs is 3. The van der Waals surface area contributed by atoms with Crippen LogP contribution in [0.3, 0.4) is 0 Å². The van der Waals surface area contributed by atoms with Crippen LogP contribution in [-0.2, 0) is 6.54 Å². The Hall–Kier alpha value is -4.36. The maximum Gasteiger partial charge on any atom is 0.323 e. The van der Waals surface area contributed by atoms with Gasteiger partial charge in [0.1, 0.15) is 11.6 Å². The number of amides is 2. The maximum atomic E-state index is 13.9. The molecular weight excluding hydrogens is 489 g/mol. The summed E-state index contributed by atoms with van der Waals surface area (Å²) < 4.78 is 17.9. The predicted octanol–water partition coefficient (Wildman–Crippen LogP) is 6.90. The number of para-hydroxylation sites is 2. The summed E-state index contributed by atoms with van der Waals surface area (Å²) in [6, 6.07) is 26.4. The zero-order valence-corrected chi connectivity index (χ0v) is 20.7. The van der Waals surface area contributed by atoms with E-state index < -0.39 is 6.04 Å². The lowest BCUT2D eigenvalue weighted by Crippen LogP contribution is -2.38. The number of anilines is 1. The summed E-state index contributed by atoms with van der Waals surface area (Å²) in [5.74, 6) is 0.530. The van der Waals surface area contributed by atoms with Gasteiger partial charge in [0.15, 0.2) is 0 Å². The summed E-state index contributed by atoms with van der Waals surface area (Å²) in [7, 11) is 0. The third-order valence-corrected chi connectivity index (χ3v) is 6.98. The molecule has 1 N–H and O–H groups in total. The van der Waals surface area contributed by atoms with Crippen molar-refractivity contribution in [2.75, 3.05) is 5.32 Å². The van der Waals surface area contributed by atoms with Gasteiger partial charge < -0.3 is 14.8 Å². The van der Waals surface area contributed by atoms with E-state index in [-0.39, 0.29) is 18.4 Å². The first kappa shape index (κ1) is 23.1. The molecule has 1 atom stereocenters. The Bertz CT molecular complexity index is 1590. The summed E-state index contributed by atoms with van der Waals surface area (Å²) in [4.78, 5) is 15.6. The Balaban J connectivity index is 1.54. The van der Waals surface area contributed by atoms with Gasteiger partial charge >= 0.3 is 6.03 Å². The molecular formula is C29H23ClFN5O. The fraction of sp³-hybridized carbons (Fsp3) is 0.103. The van der Waals surface area contributed by atoms with Crippen LogP contribution < -0.4 is 5.32 Å². The molecule has 37 heavy (non-hydrogen) atoms. The van der Waals surface area contributed by atoms with Crippen LogP contribution in [0.25, 0.3) is 11.5 Å². The van der Waals surface area contributed by atoms with Crippen LogP contribution in [0.4, 0.5) is 14.9 Å². The lowest BCUT2D eigenvalue weighted by molar-refractivity contribution is 0.194. The lowest BCUT2D eigenvalue weighted by atomic mass is 10.0. The van der Waals surface area contributed by atoms with E-state index in [1.807, 2.05) is 72.4 Å². The average molecular weight is 512 g/mol. The molecule has 0 fully saturated rings. The van der Waals surface area contributed by atoms with Gasteiger partial charge in [-0.05, 0) is 61.0 Å². The zero-order valence-electron chi connectivity index (χ0n) is 20.0. The predicted molar refractivity (Wildman–Crippen MR) is 142 cm³/mol. The van der Waals surface area contributed by atoms with Gasteiger partial charge in [0, 0.05) is 11.8 Å². The molecule has 1 aliphatic heterocycles. The van der Waals surface area contributed by atoms with Gasteiger partial charge in [-0.1, -0.05) is 54.1 Å². The van der Waals surface area contributed by atoms with E-state index in [4.69, 9.17) is 16.7 Å². The second kappa shape index (κ2) is 9.26. The quantitative estimate of drug-likeness (QED) is 0.286. The van der Waals surface area contributed by atoms with Crippen LogP contribution in [0.5, 0.6) is 0 Å². The molecule has 1 aliphatic rings. The Morgan fingerprint density at radius 3 is 2.46 bits per heavy atom. The Kier molecular flexibility index (Phi) is 5.77.